The van der Waals surface area contributed by atoms with Crippen molar-refractivity contribution in [1.29, 1.82) is 0 Å². The lowest BCUT2D eigenvalue weighted by molar-refractivity contribution is -0.137. The van der Waals surface area contributed by atoms with E-state index in [1.165, 1.54) is 0 Å². The van der Waals surface area contributed by atoms with E-state index in [-0.39, 0.29) is 10.4 Å². The Balaban J connectivity index is 2.97. The quantitative estimate of drug-likeness (QED) is 0.927. The molecule has 0 aliphatic heterocycles. The Morgan fingerprint density at radius 2 is 1.95 bits per heavy atom. The number of anilines is 1. The molecule has 0 fully saturated rings. The molecule has 0 unspecified atom stereocenters. The summed E-state index contributed by atoms with van der Waals surface area (Å²) in [6.07, 6.45) is -3.66. The van der Waals surface area contributed by atoms with Crippen LogP contribution in [0, 0.1) is 5.41 Å². The van der Waals surface area contributed by atoms with E-state index in [9.17, 15) is 13.2 Å². The molecule has 1 aromatic heterocycles. The van der Waals surface area contributed by atoms with Gasteiger partial charge in [0, 0.05) is 19.8 Å². The molecule has 7 heteroatoms. The molecule has 0 saturated carbocycles. The van der Waals surface area contributed by atoms with Gasteiger partial charge in [-0.15, -0.1) is 0 Å². The maximum absolute atomic E-state index is 12.5. The third kappa shape index (κ3) is 4.24. The van der Waals surface area contributed by atoms with E-state index in [0.29, 0.717) is 18.9 Å². The van der Waals surface area contributed by atoms with Crippen LogP contribution in [0.3, 0.4) is 0 Å². The third-order valence-electron chi connectivity index (χ3n) is 2.73. The van der Waals surface area contributed by atoms with Crippen molar-refractivity contribution in [3.63, 3.8) is 0 Å². The minimum atomic E-state index is -4.44. The molecule has 108 valence electrons. The van der Waals surface area contributed by atoms with Crippen molar-refractivity contribution in [1.82, 2.24) is 4.98 Å². The van der Waals surface area contributed by atoms with Crippen molar-refractivity contribution < 1.29 is 13.2 Å². The molecule has 3 nitrogen and oxygen atoms in total. The van der Waals surface area contributed by atoms with Crippen LogP contribution < -0.4 is 10.6 Å². The van der Waals surface area contributed by atoms with Crippen LogP contribution in [0.4, 0.5) is 19.0 Å². The highest BCUT2D eigenvalue weighted by atomic mass is 35.5. The Labute approximate surface area is 115 Å². The Hall–Kier alpha value is -1.01. The Kier molecular flexibility index (Phi) is 4.68. The SMILES string of the molecule is CN(CC(C)(C)CN)c1ncc(C(F)(F)F)cc1Cl. The molecule has 0 bridgehead atoms. The lowest BCUT2D eigenvalue weighted by Gasteiger charge is -2.30. The third-order valence-corrected chi connectivity index (χ3v) is 3.01. The smallest absolute Gasteiger partial charge is 0.358 e. The number of alkyl halides is 3. The molecular formula is C12H17ClF3N3. The minimum absolute atomic E-state index is 0.0230. The molecule has 1 heterocycles. The number of hydrogen-bond acceptors (Lipinski definition) is 3. The van der Waals surface area contributed by atoms with Gasteiger partial charge >= 0.3 is 6.18 Å². The highest BCUT2D eigenvalue weighted by Gasteiger charge is 2.32. The number of hydrogen-bond donors (Lipinski definition) is 1. The fourth-order valence-corrected chi connectivity index (χ4v) is 1.96. The zero-order chi connectivity index (χ0) is 14.8. The van der Waals surface area contributed by atoms with Gasteiger partial charge in [0.05, 0.1) is 10.6 Å². The van der Waals surface area contributed by atoms with Crippen molar-refractivity contribution in [2.75, 3.05) is 25.0 Å². The minimum Gasteiger partial charge on any atom is -0.358 e. The van der Waals surface area contributed by atoms with Gasteiger partial charge in [-0.1, -0.05) is 25.4 Å². The lowest BCUT2D eigenvalue weighted by Crippen LogP contribution is -2.37. The molecule has 0 aliphatic rings. The summed E-state index contributed by atoms with van der Waals surface area (Å²) in [5.41, 5.74) is 4.59. The van der Waals surface area contributed by atoms with E-state index in [4.69, 9.17) is 17.3 Å². The van der Waals surface area contributed by atoms with Gasteiger partial charge in [0.25, 0.3) is 0 Å². The summed E-state index contributed by atoms with van der Waals surface area (Å²) in [5, 5.41) is -0.0230. The Morgan fingerprint density at radius 3 is 2.37 bits per heavy atom. The molecule has 19 heavy (non-hydrogen) atoms. The van der Waals surface area contributed by atoms with Gasteiger partial charge in [-0.2, -0.15) is 13.2 Å². The van der Waals surface area contributed by atoms with E-state index in [1.807, 2.05) is 13.8 Å². The summed E-state index contributed by atoms with van der Waals surface area (Å²) >= 11 is 5.87. The van der Waals surface area contributed by atoms with Gasteiger partial charge in [-0.3, -0.25) is 0 Å². The van der Waals surface area contributed by atoms with Gasteiger partial charge in [0.1, 0.15) is 5.82 Å². The largest absolute Gasteiger partial charge is 0.417 e. The highest BCUT2D eigenvalue weighted by molar-refractivity contribution is 6.33. The average molecular weight is 296 g/mol. The Morgan fingerprint density at radius 1 is 1.37 bits per heavy atom. The highest BCUT2D eigenvalue weighted by Crippen LogP contribution is 2.33. The second kappa shape index (κ2) is 5.54. The van der Waals surface area contributed by atoms with Gasteiger partial charge in [0.2, 0.25) is 0 Å². The molecule has 1 aromatic rings. The summed E-state index contributed by atoms with van der Waals surface area (Å²) < 4.78 is 37.5. The number of rotatable bonds is 4. The summed E-state index contributed by atoms with van der Waals surface area (Å²) in [6, 6.07) is 0.885. The standard InChI is InChI=1S/C12H17ClF3N3/c1-11(2,6-17)7-19(3)10-9(13)4-8(5-18-10)12(14,15)16/h4-5H,6-7,17H2,1-3H3. The van der Waals surface area contributed by atoms with Crippen molar-refractivity contribution in [2.45, 2.75) is 20.0 Å². The van der Waals surface area contributed by atoms with Crippen molar-refractivity contribution in [3.8, 4) is 0 Å². The number of halogens is 4. The van der Waals surface area contributed by atoms with Crippen molar-refractivity contribution in [3.05, 3.63) is 22.8 Å². The van der Waals surface area contributed by atoms with E-state index < -0.39 is 11.7 Å². The summed E-state index contributed by atoms with van der Waals surface area (Å²) in [6.45, 7) is 4.92. The van der Waals surface area contributed by atoms with Crippen molar-refractivity contribution >= 4 is 17.4 Å². The Bertz CT molecular complexity index is 446. The lowest BCUT2D eigenvalue weighted by atomic mass is 9.93. The van der Waals surface area contributed by atoms with Gasteiger partial charge in [-0.25, -0.2) is 4.98 Å². The topological polar surface area (TPSA) is 42.1 Å². The van der Waals surface area contributed by atoms with Crippen LogP contribution in [0.15, 0.2) is 12.3 Å². The molecule has 0 atom stereocenters. The van der Waals surface area contributed by atoms with Crippen LogP contribution in [0.25, 0.3) is 0 Å². The van der Waals surface area contributed by atoms with Crippen LogP contribution in [-0.2, 0) is 6.18 Å². The van der Waals surface area contributed by atoms with Crippen molar-refractivity contribution in [2.24, 2.45) is 11.1 Å². The first kappa shape index (κ1) is 16.0. The zero-order valence-electron chi connectivity index (χ0n) is 11.1. The fraction of sp³-hybridized carbons (Fsp3) is 0.583. The van der Waals surface area contributed by atoms with Gasteiger partial charge < -0.3 is 10.6 Å². The number of nitrogens with zero attached hydrogens (tertiary/aromatic N) is 2. The maximum Gasteiger partial charge on any atom is 0.417 e. The molecule has 1 rings (SSSR count). The normalized spacial score (nSPS) is 12.6. The molecule has 0 radical (unpaired) electrons. The second-order valence-electron chi connectivity index (χ2n) is 5.25. The molecule has 0 saturated heterocycles. The molecule has 0 amide bonds. The molecule has 0 aliphatic carbocycles. The molecule has 0 aromatic carbocycles. The summed E-state index contributed by atoms with van der Waals surface area (Å²) in [7, 11) is 1.72. The number of pyridine rings is 1. The van der Waals surface area contributed by atoms with E-state index in [2.05, 4.69) is 4.98 Å². The number of aromatic nitrogens is 1. The van der Waals surface area contributed by atoms with Gasteiger partial charge in [-0.05, 0) is 18.0 Å². The predicted octanol–water partition coefficient (Wildman–Crippen LogP) is 3.17. The van der Waals surface area contributed by atoms with E-state index in [0.717, 1.165) is 12.3 Å². The predicted molar refractivity (Wildman–Crippen MR) is 70.4 cm³/mol. The first-order valence-corrected chi connectivity index (χ1v) is 6.08. The molecule has 0 spiro atoms. The molecular weight excluding hydrogens is 279 g/mol. The second-order valence-corrected chi connectivity index (χ2v) is 5.66. The maximum atomic E-state index is 12.5. The average Bonchev–Trinajstić information content (AvgIpc) is 2.26. The van der Waals surface area contributed by atoms with Crippen LogP contribution in [-0.4, -0.2) is 25.1 Å². The fourth-order valence-electron chi connectivity index (χ4n) is 1.65. The van der Waals surface area contributed by atoms with Crippen LogP contribution >= 0.6 is 11.6 Å². The first-order valence-electron chi connectivity index (χ1n) is 5.71. The zero-order valence-corrected chi connectivity index (χ0v) is 11.8. The van der Waals surface area contributed by atoms with Crippen LogP contribution in [0.5, 0.6) is 0 Å². The summed E-state index contributed by atoms with van der Waals surface area (Å²) in [4.78, 5) is 5.50. The first-order chi connectivity index (χ1) is 8.57. The van der Waals surface area contributed by atoms with Crippen LogP contribution in [0.2, 0.25) is 5.02 Å². The molecule has 2 N–H and O–H groups in total. The summed E-state index contributed by atoms with van der Waals surface area (Å²) in [5.74, 6) is 0.316. The monoisotopic (exact) mass is 295 g/mol. The van der Waals surface area contributed by atoms with Crippen LogP contribution in [0.1, 0.15) is 19.4 Å². The van der Waals surface area contributed by atoms with E-state index >= 15 is 0 Å². The van der Waals surface area contributed by atoms with Gasteiger partial charge in [0.15, 0.2) is 0 Å². The number of nitrogens with two attached hydrogens (primary N) is 1. The van der Waals surface area contributed by atoms with E-state index in [1.54, 1.807) is 11.9 Å².